The predicted octanol–water partition coefficient (Wildman–Crippen LogP) is 5.65. The first-order valence-corrected chi connectivity index (χ1v) is 11.8. The minimum absolute atomic E-state index is 0.169. The van der Waals surface area contributed by atoms with Crippen molar-refractivity contribution in [3.8, 4) is 5.75 Å². The molecular formula is C13H5Br3I2O5S. The second kappa shape index (κ2) is 8.17. The minimum Gasteiger partial charge on any atom is -0.423 e. The van der Waals surface area contributed by atoms with Crippen LogP contribution in [-0.2, 0) is 10.1 Å². The van der Waals surface area contributed by atoms with Crippen molar-refractivity contribution in [2.24, 2.45) is 0 Å². The number of hydrogen-bond acceptors (Lipinski definition) is 4. The lowest BCUT2D eigenvalue weighted by Gasteiger charge is -2.11. The van der Waals surface area contributed by atoms with Gasteiger partial charge in [0.2, 0.25) is 0 Å². The van der Waals surface area contributed by atoms with Crippen LogP contribution in [0.4, 0.5) is 0 Å². The van der Waals surface area contributed by atoms with E-state index in [1.807, 2.05) is 0 Å². The zero-order valence-corrected chi connectivity index (χ0v) is 21.1. The van der Waals surface area contributed by atoms with E-state index in [1.165, 1.54) is 12.1 Å². The molecule has 0 unspecified atom stereocenters. The van der Waals surface area contributed by atoms with Crippen molar-refractivity contribution >= 4 is 109 Å². The van der Waals surface area contributed by atoms with Gasteiger partial charge in [-0.05, 0) is 101 Å². The maximum absolute atomic E-state index is 12.4. The maximum Gasteiger partial charge on any atom is 0.345 e. The summed E-state index contributed by atoms with van der Waals surface area (Å²) in [5.74, 6) is -0.449. The van der Waals surface area contributed by atoms with Crippen LogP contribution >= 0.6 is 93.0 Å². The second-order valence-electron chi connectivity index (χ2n) is 4.33. The highest BCUT2D eigenvalue weighted by atomic mass is 127. The molecule has 11 heteroatoms. The Labute approximate surface area is 190 Å². The lowest BCUT2D eigenvalue weighted by molar-refractivity contribution is 0.0732. The van der Waals surface area contributed by atoms with Gasteiger partial charge in [-0.25, -0.2) is 4.79 Å². The molecule has 0 aliphatic heterocycles. The third-order valence-electron chi connectivity index (χ3n) is 2.65. The first-order chi connectivity index (χ1) is 11.0. The largest absolute Gasteiger partial charge is 0.423 e. The molecule has 0 fully saturated rings. The number of benzene rings is 2. The van der Waals surface area contributed by atoms with Gasteiger partial charge in [-0.1, -0.05) is 15.9 Å². The van der Waals surface area contributed by atoms with Crippen molar-refractivity contribution in [1.29, 1.82) is 0 Å². The van der Waals surface area contributed by atoms with Gasteiger partial charge in [0.25, 0.3) is 10.1 Å². The standard InChI is InChI=1S/C13H5Br3I2O5S/c14-5-1-7(15)11(8(16)2-5)13(19)23-6-3-9(17)12(10(18)4-6)24(20,21)22/h1-4H,(H,20,21,22). The topological polar surface area (TPSA) is 80.7 Å². The molecule has 0 saturated heterocycles. The minimum atomic E-state index is -4.36. The van der Waals surface area contributed by atoms with E-state index in [1.54, 1.807) is 57.3 Å². The summed E-state index contributed by atoms with van der Waals surface area (Å²) in [4.78, 5) is 12.2. The van der Waals surface area contributed by atoms with E-state index in [0.29, 0.717) is 14.5 Å². The van der Waals surface area contributed by atoms with Gasteiger partial charge in [0.15, 0.2) is 0 Å². The molecule has 2 aromatic carbocycles. The fourth-order valence-electron chi connectivity index (χ4n) is 1.74. The molecule has 0 amide bonds. The lowest BCUT2D eigenvalue weighted by Crippen LogP contribution is -2.12. The monoisotopic (exact) mass is 764 g/mol. The first kappa shape index (κ1) is 21.0. The fourth-order valence-corrected chi connectivity index (χ4v) is 8.31. The van der Waals surface area contributed by atoms with E-state index in [0.717, 1.165) is 4.47 Å². The van der Waals surface area contributed by atoms with Crippen LogP contribution in [0.15, 0.2) is 42.6 Å². The van der Waals surface area contributed by atoms with E-state index in [9.17, 15) is 17.8 Å². The van der Waals surface area contributed by atoms with Crippen molar-refractivity contribution in [2.75, 3.05) is 0 Å². The highest BCUT2D eigenvalue weighted by Crippen LogP contribution is 2.33. The Morgan fingerprint density at radius 3 is 1.88 bits per heavy atom. The summed E-state index contributed by atoms with van der Waals surface area (Å²) < 4.78 is 39.7. The predicted molar refractivity (Wildman–Crippen MR) is 116 cm³/mol. The third kappa shape index (κ3) is 4.91. The maximum atomic E-state index is 12.4. The van der Waals surface area contributed by atoms with E-state index < -0.39 is 16.1 Å². The molecule has 0 radical (unpaired) electrons. The summed E-state index contributed by atoms with van der Waals surface area (Å²) in [7, 11) is -4.36. The van der Waals surface area contributed by atoms with Crippen LogP contribution in [0.25, 0.3) is 0 Å². The molecule has 5 nitrogen and oxygen atoms in total. The van der Waals surface area contributed by atoms with Crippen LogP contribution in [0.2, 0.25) is 0 Å². The molecule has 2 rings (SSSR count). The number of hydrogen-bond donors (Lipinski definition) is 1. The number of carbonyl (C=O) groups is 1. The Morgan fingerprint density at radius 1 is 1.00 bits per heavy atom. The van der Waals surface area contributed by atoms with Gasteiger partial charge in [0, 0.05) is 20.6 Å². The van der Waals surface area contributed by atoms with Crippen LogP contribution in [0.1, 0.15) is 10.4 Å². The van der Waals surface area contributed by atoms with Crippen molar-refractivity contribution < 1.29 is 22.5 Å². The lowest BCUT2D eigenvalue weighted by atomic mass is 10.2. The highest BCUT2D eigenvalue weighted by molar-refractivity contribution is 14.1. The molecule has 0 saturated carbocycles. The molecule has 0 aliphatic carbocycles. The van der Waals surface area contributed by atoms with Gasteiger partial charge in [0.1, 0.15) is 10.6 Å². The number of esters is 1. The van der Waals surface area contributed by atoms with Crippen LogP contribution in [0, 0.1) is 7.14 Å². The smallest absolute Gasteiger partial charge is 0.345 e. The van der Waals surface area contributed by atoms with Gasteiger partial charge in [-0.15, -0.1) is 0 Å². The van der Waals surface area contributed by atoms with Gasteiger partial charge in [-0.3, -0.25) is 4.55 Å². The van der Waals surface area contributed by atoms with E-state index in [-0.39, 0.29) is 17.8 Å². The average Bonchev–Trinajstić information content (AvgIpc) is 2.33. The number of ether oxygens (including phenoxy) is 1. The average molecular weight is 767 g/mol. The first-order valence-electron chi connectivity index (χ1n) is 5.84. The SMILES string of the molecule is O=C(Oc1cc(I)c(S(=O)(=O)O)c(I)c1)c1c(Br)cc(Br)cc1Br. The summed E-state index contributed by atoms with van der Waals surface area (Å²) in [6.07, 6.45) is 0. The summed E-state index contributed by atoms with van der Waals surface area (Å²) in [5, 5.41) is 0. The molecule has 1 N–H and O–H groups in total. The Bertz CT molecular complexity index is 901. The summed E-state index contributed by atoms with van der Waals surface area (Å²) in [6, 6.07) is 6.14. The molecule has 0 aliphatic rings. The Balaban J connectivity index is 2.41. The van der Waals surface area contributed by atoms with E-state index in [2.05, 4.69) is 47.8 Å². The third-order valence-corrected chi connectivity index (χ3v) is 7.75. The normalized spacial score (nSPS) is 11.4. The summed E-state index contributed by atoms with van der Waals surface area (Å²) >= 11 is 13.4. The van der Waals surface area contributed by atoms with Gasteiger partial charge in [0.05, 0.1) is 5.56 Å². The van der Waals surface area contributed by atoms with Crippen molar-refractivity contribution in [3.63, 3.8) is 0 Å². The van der Waals surface area contributed by atoms with Gasteiger partial charge in [-0.2, -0.15) is 8.42 Å². The van der Waals surface area contributed by atoms with Crippen LogP contribution < -0.4 is 4.74 Å². The Morgan fingerprint density at radius 2 is 1.46 bits per heavy atom. The zero-order valence-electron chi connectivity index (χ0n) is 11.2. The second-order valence-corrected chi connectivity index (χ2v) is 10.6. The molecule has 0 aromatic heterocycles. The zero-order chi connectivity index (χ0) is 18.2. The van der Waals surface area contributed by atoms with Gasteiger partial charge >= 0.3 is 5.97 Å². The molecular weight excluding hydrogens is 762 g/mol. The van der Waals surface area contributed by atoms with Gasteiger partial charge < -0.3 is 4.74 Å². The van der Waals surface area contributed by atoms with Crippen LogP contribution in [0.5, 0.6) is 5.75 Å². The number of carbonyl (C=O) groups excluding carboxylic acids is 1. The van der Waals surface area contributed by atoms with Crippen LogP contribution in [0.3, 0.4) is 0 Å². The fraction of sp³-hybridized carbons (Fsp3) is 0. The summed E-state index contributed by atoms with van der Waals surface area (Å²) in [6.45, 7) is 0. The van der Waals surface area contributed by atoms with Crippen molar-refractivity contribution in [2.45, 2.75) is 4.90 Å². The van der Waals surface area contributed by atoms with E-state index >= 15 is 0 Å². The highest BCUT2D eigenvalue weighted by Gasteiger charge is 2.22. The number of halogens is 5. The van der Waals surface area contributed by atoms with Crippen LogP contribution in [-0.4, -0.2) is 18.9 Å². The summed E-state index contributed by atoms with van der Waals surface area (Å²) in [5.41, 5.74) is 0.294. The molecule has 0 heterocycles. The molecule has 0 spiro atoms. The number of rotatable bonds is 3. The molecule has 128 valence electrons. The molecule has 0 bridgehead atoms. The molecule has 2 aromatic rings. The van der Waals surface area contributed by atoms with Crippen molar-refractivity contribution in [3.05, 3.63) is 50.4 Å². The molecule has 24 heavy (non-hydrogen) atoms. The molecule has 0 atom stereocenters. The van der Waals surface area contributed by atoms with Crippen molar-refractivity contribution in [1.82, 2.24) is 0 Å². The van der Waals surface area contributed by atoms with E-state index in [4.69, 9.17) is 4.74 Å². The Kier molecular flexibility index (Phi) is 7.15. The Hall–Kier alpha value is 0.720. The quantitative estimate of drug-likeness (QED) is 0.189.